The van der Waals surface area contributed by atoms with Gasteiger partial charge in [0.1, 0.15) is 11.8 Å². The van der Waals surface area contributed by atoms with Crippen molar-refractivity contribution >= 4 is 23.4 Å². The first-order chi connectivity index (χ1) is 12.9. The van der Waals surface area contributed by atoms with Crippen LogP contribution in [0, 0.1) is 5.92 Å². The predicted molar refractivity (Wildman–Crippen MR) is 102 cm³/mol. The van der Waals surface area contributed by atoms with Gasteiger partial charge in [-0.1, -0.05) is 32.0 Å². The summed E-state index contributed by atoms with van der Waals surface area (Å²) in [7, 11) is 0. The van der Waals surface area contributed by atoms with E-state index in [1.54, 1.807) is 48.5 Å². The number of ether oxygens (including phenoxy) is 1. The van der Waals surface area contributed by atoms with E-state index in [1.807, 2.05) is 19.9 Å². The van der Waals surface area contributed by atoms with Crippen molar-refractivity contribution in [1.82, 2.24) is 5.32 Å². The normalized spacial score (nSPS) is 11.5. The first-order valence-electron chi connectivity index (χ1n) is 8.54. The number of nitrogens with two attached hydrogens (primary N) is 1. The van der Waals surface area contributed by atoms with Gasteiger partial charge >= 0.3 is 0 Å². The summed E-state index contributed by atoms with van der Waals surface area (Å²) in [6.07, 6.45) is 0. The second kappa shape index (κ2) is 9.38. The molecule has 0 spiro atoms. The molecule has 142 valence electrons. The first kappa shape index (κ1) is 20.0. The minimum atomic E-state index is -0.691. The van der Waals surface area contributed by atoms with Gasteiger partial charge < -0.3 is 21.1 Å². The molecule has 2 rings (SSSR count). The molecule has 0 fully saturated rings. The summed E-state index contributed by atoms with van der Waals surface area (Å²) in [5.41, 5.74) is 6.06. The second-order valence-electron chi connectivity index (χ2n) is 6.33. The Bertz CT molecular complexity index is 789. The average molecular weight is 369 g/mol. The van der Waals surface area contributed by atoms with Crippen LogP contribution in [-0.4, -0.2) is 30.4 Å². The summed E-state index contributed by atoms with van der Waals surface area (Å²) in [5, 5.41) is 5.54. The van der Waals surface area contributed by atoms with Crippen molar-refractivity contribution in [3.63, 3.8) is 0 Å². The molecule has 2 aromatic carbocycles. The molecule has 1 unspecified atom stereocenters. The number of anilines is 1. The molecule has 27 heavy (non-hydrogen) atoms. The van der Waals surface area contributed by atoms with E-state index in [4.69, 9.17) is 10.5 Å². The van der Waals surface area contributed by atoms with Gasteiger partial charge in [0.15, 0.2) is 6.61 Å². The average Bonchev–Trinajstić information content (AvgIpc) is 2.65. The Kier molecular flexibility index (Phi) is 6.93. The summed E-state index contributed by atoms with van der Waals surface area (Å²) in [6.45, 7) is 3.50. The third-order valence-electron chi connectivity index (χ3n) is 3.77. The van der Waals surface area contributed by atoms with Crippen LogP contribution in [0.15, 0.2) is 54.6 Å². The molecular weight excluding hydrogens is 346 g/mol. The summed E-state index contributed by atoms with van der Waals surface area (Å²) in [5.74, 6) is -0.832. The Hall–Kier alpha value is -3.35. The van der Waals surface area contributed by atoms with Gasteiger partial charge in [-0.3, -0.25) is 14.4 Å². The number of hydrogen-bond acceptors (Lipinski definition) is 4. The predicted octanol–water partition coefficient (Wildman–Crippen LogP) is 1.94. The number of carbonyl (C=O) groups excluding carboxylic acids is 3. The first-order valence-corrected chi connectivity index (χ1v) is 8.54. The van der Waals surface area contributed by atoms with E-state index in [0.717, 1.165) is 0 Å². The fraction of sp³-hybridized carbons (Fsp3) is 0.250. The summed E-state index contributed by atoms with van der Waals surface area (Å²) >= 11 is 0. The van der Waals surface area contributed by atoms with Crippen LogP contribution in [0.1, 0.15) is 24.2 Å². The van der Waals surface area contributed by atoms with Crippen molar-refractivity contribution < 1.29 is 19.1 Å². The number of carbonyl (C=O) groups is 3. The molecule has 0 heterocycles. The molecule has 0 aliphatic carbocycles. The van der Waals surface area contributed by atoms with Crippen molar-refractivity contribution in [2.24, 2.45) is 11.7 Å². The van der Waals surface area contributed by atoms with Gasteiger partial charge in [-0.15, -0.1) is 0 Å². The highest BCUT2D eigenvalue weighted by atomic mass is 16.5. The molecule has 1 atom stereocenters. The molecule has 7 nitrogen and oxygen atoms in total. The van der Waals surface area contributed by atoms with Crippen molar-refractivity contribution in [2.75, 3.05) is 11.9 Å². The van der Waals surface area contributed by atoms with Crippen LogP contribution < -0.4 is 21.1 Å². The molecule has 2 aromatic rings. The Balaban J connectivity index is 2.00. The van der Waals surface area contributed by atoms with Gasteiger partial charge in [-0.05, 0) is 42.3 Å². The standard InChI is InChI=1S/C20H23N3O4/c1-13(2)18(23-19(25)14-6-4-3-5-7-14)20(26)22-15-8-10-16(11-9-15)27-12-17(21)24/h3-11,13,18H,12H2,1-2H3,(H2,21,24)(H,22,26)(H,23,25). The van der Waals surface area contributed by atoms with Crippen LogP contribution in [-0.2, 0) is 9.59 Å². The van der Waals surface area contributed by atoms with E-state index in [0.29, 0.717) is 17.0 Å². The highest BCUT2D eigenvalue weighted by Crippen LogP contribution is 2.16. The smallest absolute Gasteiger partial charge is 0.255 e. The Morgan fingerprint density at radius 3 is 2.19 bits per heavy atom. The zero-order valence-electron chi connectivity index (χ0n) is 15.3. The molecule has 0 saturated heterocycles. The molecule has 0 aliphatic heterocycles. The molecule has 0 aliphatic rings. The van der Waals surface area contributed by atoms with E-state index in [1.165, 1.54) is 0 Å². The number of nitrogens with one attached hydrogen (secondary N) is 2. The molecular formula is C20H23N3O4. The third kappa shape index (κ3) is 6.14. The molecule has 0 aromatic heterocycles. The van der Waals surface area contributed by atoms with Gasteiger partial charge in [-0.25, -0.2) is 0 Å². The summed E-state index contributed by atoms with van der Waals surface area (Å²) < 4.78 is 5.17. The second-order valence-corrected chi connectivity index (χ2v) is 6.33. The number of benzene rings is 2. The molecule has 0 saturated carbocycles. The Morgan fingerprint density at radius 2 is 1.63 bits per heavy atom. The molecule has 4 N–H and O–H groups in total. The van der Waals surface area contributed by atoms with Gasteiger partial charge in [0.25, 0.3) is 11.8 Å². The molecule has 0 radical (unpaired) electrons. The van der Waals surface area contributed by atoms with Crippen LogP contribution in [0.25, 0.3) is 0 Å². The van der Waals surface area contributed by atoms with Crippen molar-refractivity contribution in [3.05, 3.63) is 60.2 Å². The Morgan fingerprint density at radius 1 is 1.00 bits per heavy atom. The topological polar surface area (TPSA) is 111 Å². The minimum absolute atomic E-state index is 0.101. The largest absolute Gasteiger partial charge is 0.484 e. The Labute approximate surface area is 157 Å². The summed E-state index contributed by atoms with van der Waals surface area (Å²) in [4.78, 5) is 35.7. The number of rotatable bonds is 8. The van der Waals surface area contributed by atoms with Crippen LogP contribution in [0.2, 0.25) is 0 Å². The van der Waals surface area contributed by atoms with E-state index in [9.17, 15) is 14.4 Å². The van der Waals surface area contributed by atoms with Crippen LogP contribution in [0.5, 0.6) is 5.75 Å². The highest BCUT2D eigenvalue weighted by Gasteiger charge is 2.24. The van der Waals surface area contributed by atoms with Crippen molar-refractivity contribution in [2.45, 2.75) is 19.9 Å². The zero-order valence-corrected chi connectivity index (χ0v) is 15.3. The molecule has 3 amide bonds. The zero-order chi connectivity index (χ0) is 19.8. The molecule has 0 bridgehead atoms. The van der Waals surface area contributed by atoms with Crippen molar-refractivity contribution in [1.29, 1.82) is 0 Å². The lowest BCUT2D eigenvalue weighted by Gasteiger charge is -2.22. The number of amides is 3. The quantitative estimate of drug-likeness (QED) is 0.660. The third-order valence-corrected chi connectivity index (χ3v) is 3.77. The van der Waals surface area contributed by atoms with E-state index in [-0.39, 0.29) is 24.3 Å². The fourth-order valence-corrected chi connectivity index (χ4v) is 2.36. The van der Waals surface area contributed by atoms with Gasteiger partial charge in [-0.2, -0.15) is 0 Å². The van der Waals surface area contributed by atoms with Gasteiger partial charge in [0, 0.05) is 11.3 Å². The SMILES string of the molecule is CC(C)C(NC(=O)c1ccccc1)C(=O)Nc1ccc(OCC(N)=O)cc1. The lowest BCUT2D eigenvalue weighted by molar-refractivity contribution is -0.120. The van der Waals surface area contributed by atoms with Crippen LogP contribution in [0.3, 0.4) is 0 Å². The van der Waals surface area contributed by atoms with Crippen LogP contribution >= 0.6 is 0 Å². The van der Waals surface area contributed by atoms with E-state index >= 15 is 0 Å². The summed E-state index contributed by atoms with van der Waals surface area (Å²) in [6, 6.07) is 14.6. The highest BCUT2D eigenvalue weighted by molar-refractivity contribution is 6.01. The monoisotopic (exact) mass is 369 g/mol. The molecule has 7 heteroatoms. The maximum Gasteiger partial charge on any atom is 0.255 e. The van der Waals surface area contributed by atoms with Gasteiger partial charge in [0.05, 0.1) is 0 Å². The number of primary amides is 1. The van der Waals surface area contributed by atoms with Crippen molar-refractivity contribution in [3.8, 4) is 5.75 Å². The lowest BCUT2D eigenvalue weighted by atomic mass is 10.0. The van der Waals surface area contributed by atoms with E-state index in [2.05, 4.69) is 10.6 Å². The number of hydrogen-bond donors (Lipinski definition) is 3. The maximum absolute atomic E-state index is 12.6. The minimum Gasteiger partial charge on any atom is -0.484 e. The lowest BCUT2D eigenvalue weighted by Crippen LogP contribution is -2.47. The fourth-order valence-electron chi connectivity index (χ4n) is 2.36. The van der Waals surface area contributed by atoms with E-state index < -0.39 is 11.9 Å². The maximum atomic E-state index is 12.6. The van der Waals surface area contributed by atoms with Gasteiger partial charge in [0.2, 0.25) is 5.91 Å². The van der Waals surface area contributed by atoms with Crippen LogP contribution in [0.4, 0.5) is 5.69 Å².